The number of aromatic amines is 1. The van der Waals surface area contributed by atoms with Crippen LogP contribution in [0, 0.1) is 0 Å². The quantitative estimate of drug-likeness (QED) is 0.567. The number of anilines is 1. The molecule has 2 aliphatic rings. The summed E-state index contributed by atoms with van der Waals surface area (Å²) in [6.45, 7) is 6.51. The number of rotatable bonds is 5. The molecule has 1 unspecified atom stereocenters. The zero-order valence-electron chi connectivity index (χ0n) is 15.6. The highest BCUT2D eigenvalue weighted by Crippen LogP contribution is 2.41. The van der Waals surface area contributed by atoms with Crippen LogP contribution in [0.1, 0.15) is 27.7 Å². The minimum absolute atomic E-state index is 0.0519. The zero-order chi connectivity index (χ0) is 19.8. The Morgan fingerprint density at radius 3 is 2.78 bits per heavy atom. The Labute approximate surface area is 160 Å². The van der Waals surface area contributed by atoms with Crippen molar-refractivity contribution >= 4 is 35.6 Å². The topological polar surface area (TPSA) is 114 Å². The van der Waals surface area contributed by atoms with Crippen LogP contribution >= 0.6 is 11.8 Å². The highest BCUT2D eigenvalue weighted by atomic mass is 32.2. The number of imidazole rings is 1. The number of nitrogens with one attached hydrogen (secondary N) is 2. The maximum absolute atomic E-state index is 12.8. The van der Waals surface area contributed by atoms with E-state index < -0.39 is 23.6 Å². The van der Waals surface area contributed by atoms with E-state index >= 15 is 0 Å². The van der Waals surface area contributed by atoms with Crippen molar-refractivity contribution in [1.29, 1.82) is 0 Å². The maximum Gasteiger partial charge on any atom is 0.355 e. The molecule has 1 aromatic heterocycles. The van der Waals surface area contributed by atoms with Crippen LogP contribution in [-0.4, -0.2) is 62.1 Å². The van der Waals surface area contributed by atoms with Gasteiger partial charge in [0.15, 0.2) is 0 Å². The van der Waals surface area contributed by atoms with Gasteiger partial charge in [0, 0.05) is 30.6 Å². The molecule has 1 saturated heterocycles. The van der Waals surface area contributed by atoms with Gasteiger partial charge < -0.3 is 19.8 Å². The molecule has 1 aromatic rings. The predicted molar refractivity (Wildman–Crippen MR) is 98.6 cm³/mol. The molecule has 9 nitrogen and oxygen atoms in total. The molecule has 1 fully saturated rings. The fourth-order valence-corrected chi connectivity index (χ4v) is 4.12. The van der Waals surface area contributed by atoms with Crippen molar-refractivity contribution in [1.82, 2.24) is 14.9 Å². The zero-order valence-corrected chi connectivity index (χ0v) is 16.4. The first kappa shape index (κ1) is 19.3. The van der Waals surface area contributed by atoms with E-state index in [0.29, 0.717) is 17.3 Å². The second kappa shape index (κ2) is 7.26. The van der Waals surface area contributed by atoms with Gasteiger partial charge in [0.2, 0.25) is 5.95 Å². The number of nitrogens with zero attached hydrogens (tertiary/aromatic N) is 2. The number of H-pyrrole nitrogens is 1. The van der Waals surface area contributed by atoms with Crippen LogP contribution in [0.5, 0.6) is 0 Å². The third-order valence-corrected chi connectivity index (χ3v) is 5.22. The average molecular weight is 394 g/mol. The molecule has 2 aliphatic heterocycles. The summed E-state index contributed by atoms with van der Waals surface area (Å²) in [5.41, 5.74) is 0.0131. The summed E-state index contributed by atoms with van der Waals surface area (Å²) in [7, 11) is 0. The second-order valence-electron chi connectivity index (χ2n) is 7.20. The van der Waals surface area contributed by atoms with E-state index in [-0.39, 0.29) is 23.6 Å². The highest BCUT2D eigenvalue weighted by molar-refractivity contribution is 8.00. The minimum atomic E-state index is -0.712. The molecular formula is C17H22N4O5S. The molecule has 10 heteroatoms. The highest BCUT2D eigenvalue weighted by Gasteiger charge is 2.54. The third kappa shape index (κ3) is 4.10. The van der Waals surface area contributed by atoms with E-state index in [1.807, 2.05) is 0 Å². The van der Waals surface area contributed by atoms with Crippen LogP contribution in [0.25, 0.3) is 0 Å². The number of aromatic nitrogens is 2. The van der Waals surface area contributed by atoms with Crippen LogP contribution < -0.4 is 5.32 Å². The number of amides is 1. The lowest BCUT2D eigenvalue weighted by molar-refractivity contribution is -0.157. The number of thioether (sulfide) groups is 1. The number of carbonyl (C=O) groups is 3. The normalized spacial score (nSPS) is 22.1. The van der Waals surface area contributed by atoms with Gasteiger partial charge in [-0.05, 0) is 20.8 Å². The van der Waals surface area contributed by atoms with Crippen LogP contribution in [0.4, 0.5) is 5.95 Å². The number of ether oxygens (including phenoxy) is 2. The monoisotopic (exact) mass is 394 g/mol. The molecule has 2 N–H and O–H groups in total. The Kier molecular flexibility index (Phi) is 5.18. The lowest BCUT2D eigenvalue weighted by Crippen LogP contribution is -2.68. The first-order valence-electron chi connectivity index (χ1n) is 8.46. The molecule has 146 valence electrons. The number of hydrogen-bond acceptors (Lipinski definition) is 8. The van der Waals surface area contributed by atoms with E-state index in [2.05, 4.69) is 15.3 Å². The van der Waals surface area contributed by atoms with Crippen molar-refractivity contribution in [2.75, 3.05) is 17.7 Å². The lowest BCUT2D eigenvalue weighted by Gasteiger charge is -2.49. The van der Waals surface area contributed by atoms with Crippen LogP contribution in [0.2, 0.25) is 0 Å². The van der Waals surface area contributed by atoms with Gasteiger partial charge in [-0.3, -0.25) is 14.5 Å². The number of fused-ring (bicyclic) bond motifs is 1. The van der Waals surface area contributed by atoms with Gasteiger partial charge in [0.05, 0.1) is 0 Å². The fraction of sp³-hybridized carbons (Fsp3) is 0.529. The van der Waals surface area contributed by atoms with Crippen molar-refractivity contribution in [3.05, 3.63) is 23.7 Å². The Hall–Kier alpha value is -2.49. The number of hydrogen-bond donors (Lipinski definition) is 2. The molecular weight excluding hydrogens is 372 g/mol. The lowest BCUT2D eigenvalue weighted by atomic mass is 10.0. The van der Waals surface area contributed by atoms with Crippen molar-refractivity contribution in [2.45, 2.75) is 44.7 Å². The van der Waals surface area contributed by atoms with Gasteiger partial charge in [-0.1, -0.05) is 0 Å². The molecule has 3 heterocycles. The molecule has 0 aliphatic carbocycles. The van der Waals surface area contributed by atoms with E-state index in [9.17, 15) is 14.4 Å². The molecule has 2 atom stereocenters. The molecule has 0 radical (unpaired) electrons. The minimum Gasteiger partial charge on any atom is -0.461 e. The Morgan fingerprint density at radius 2 is 2.19 bits per heavy atom. The van der Waals surface area contributed by atoms with Crippen LogP contribution in [0.3, 0.4) is 0 Å². The smallest absolute Gasteiger partial charge is 0.355 e. The Bertz CT molecular complexity index is 784. The summed E-state index contributed by atoms with van der Waals surface area (Å²) in [5, 5.41) is 2.77. The molecule has 0 aromatic carbocycles. The fourth-order valence-electron chi connectivity index (χ4n) is 2.79. The summed E-state index contributed by atoms with van der Waals surface area (Å²) in [4.78, 5) is 45.1. The summed E-state index contributed by atoms with van der Waals surface area (Å²) < 4.78 is 10.5. The van der Waals surface area contributed by atoms with Gasteiger partial charge in [-0.15, -0.1) is 11.8 Å². The Balaban J connectivity index is 1.84. The molecule has 0 saturated carbocycles. The molecule has 27 heavy (non-hydrogen) atoms. The van der Waals surface area contributed by atoms with Crippen molar-refractivity contribution < 1.29 is 23.9 Å². The van der Waals surface area contributed by atoms with Crippen molar-refractivity contribution in [2.24, 2.45) is 0 Å². The van der Waals surface area contributed by atoms with E-state index in [1.165, 1.54) is 23.6 Å². The molecule has 1 amide bonds. The molecule has 0 bridgehead atoms. The van der Waals surface area contributed by atoms with Gasteiger partial charge >= 0.3 is 11.9 Å². The van der Waals surface area contributed by atoms with Gasteiger partial charge in [-0.2, -0.15) is 0 Å². The van der Waals surface area contributed by atoms with Crippen LogP contribution in [-0.2, 0) is 23.9 Å². The van der Waals surface area contributed by atoms with Crippen molar-refractivity contribution in [3.8, 4) is 0 Å². The van der Waals surface area contributed by atoms with E-state index in [0.717, 1.165) is 0 Å². The second-order valence-corrected chi connectivity index (χ2v) is 8.31. The van der Waals surface area contributed by atoms with Gasteiger partial charge in [0.25, 0.3) is 5.91 Å². The average Bonchev–Trinajstić information content (AvgIpc) is 3.08. The summed E-state index contributed by atoms with van der Waals surface area (Å²) in [5.74, 6) is -0.371. The standard InChI is InChI=1S/C17H22N4O5S/c1-9(22)25-7-10-8-27-14-11(20-16-18-5-6-19-16)13(23)21(14)12(10)15(24)26-17(2,3)4/h5-6,11,14H,7-8H2,1-4H3,(H2,18,19,20)/t11?,14-/m1/s1. The summed E-state index contributed by atoms with van der Waals surface area (Å²) >= 11 is 1.49. The summed E-state index contributed by atoms with van der Waals surface area (Å²) in [6, 6.07) is -0.506. The van der Waals surface area contributed by atoms with Gasteiger partial charge in [-0.25, -0.2) is 9.78 Å². The molecule has 3 rings (SSSR count). The van der Waals surface area contributed by atoms with Crippen LogP contribution in [0.15, 0.2) is 23.7 Å². The SMILES string of the molecule is CC(=O)OCC1=C(C(=O)OC(C)(C)C)N2C(=O)C(Nc3ncc[nH]3)[C@H]2SC1. The van der Waals surface area contributed by atoms with Gasteiger partial charge in [0.1, 0.15) is 29.3 Å². The first-order valence-corrected chi connectivity index (χ1v) is 9.51. The predicted octanol–water partition coefficient (Wildman–Crippen LogP) is 1.26. The van der Waals surface area contributed by atoms with E-state index in [4.69, 9.17) is 9.47 Å². The number of β-lactam (4-membered cyclic amide) rings is 1. The number of carbonyl (C=O) groups excluding carboxylic acids is 3. The van der Waals surface area contributed by atoms with E-state index in [1.54, 1.807) is 33.2 Å². The number of esters is 2. The molecule has 0 spiro atoms. The Morgan fingerprint density at radius 1 is 1.44 bits per heavy atom. The third-order valence-electron chi connectivity index (χ3n) is 3.88. The first-order chi connectivity index (χ1) is 12.7. The van der Waals surface area contributed by atoms with Crippen molar-refractivity contribution in [3.63, 3.8) is 0 Å². The largest absolute Gasteiger partial charge is 0.461 e. The maximum atomic E-state index is 12.8. The summed E-state index contributed by atoms with van der Waals surface area (Å²) in [6.07, 6.45) is 3.24.